The molecule has 0 unspecified atom stereocenters. The van der Waals surface area contributed by atoms with Crippen molar-refractivity contribution in [1.82, 2.24) is 20.1 Å². The molecule has 0 aliphatic heterocycles. The smallest absolute Gasteiger partial charge is 0.251 e. The van der Waals surface area contributed by atoms with Crippen molar-refractivity contribution >= 4 is 40.9 Å². The van der Waals surface area contributed by atoms with Crippen LogP contribution in [0.1, 0.15) is 27.3 Å². The highest BCUT2D eigenvalue weighted by Gasteiger charge is 2.19. The number of benzene rings is 3. The number of carbonyl (C=O) groups excluding carboxylic acids is 2. The van der Waals surface area contributed by atoms with Crippen molar-refractivity contribution in [3.05, 3.63) is 94.3 Å². The van der Waals surface area contributed by atoms with E-state index in [1.165, 1.54) is 11.8 Å². The second-order valence-electron chi connectivity index (χ2n) is 8.24. The second kappa shape index (κ2) is 11.9. The maximum absolute atomic E-state index is 12.7. The number of methoxy groups -OCH3 is 1. The number of hydrogen-bond donors (Lipinski definition) is 2. The summed E-state index contributed by atoms with van der Waals surface area (Å²) in [4.78, 5) is 25.3. The van der Waals surface area contributed by atoms with Crippen LogP contribution in [0.2, 0.25) is 5.02 Å². The Labute approximate surface area is 224 Å². The molecular weight excluding hydrogens is 510 g/mol. The summed E-state index contributed by atoms with van der Waals surface area (Å²) in [5.41, 5.74) is 3.89. The lowest BCUT2D eigenvalue weighted by molar-refractivity contribution is -0.113. The molecule has 0 radical (unpaired) electrons. The number of carbonyl (C=O) groups is 2. The van der Waals surface area contributed by atoms with E-state index in [9.17, 15) is 9.59 Å². The van der Waals surface area contributed by atoms with Crippen LogP contribution in [0, 0.1) is 13.8 Å². The molecule has 0 spiro atoms. The van der Waals surface area contributed by atoms with Crippen molar-refractivity contribution in [1.29, 1.82) is 0 Å². The van der Waals surface area contributed by atoms with E-state index >= 15 is 0 Å². The molecule has 2 N–H and O–H groups in total. The molecule has 0 aliphatic rings. The van der Waals surface area contributed by atoms with Gasteiger partial charge < -0.3 is 15.4 Å². The third-order valence-corrected chi connectivity index (χ3v) is 6.91. The summed E-state index contributed by atoms with van der Waals surface area (Å²) in [6, 6.07) is 20.0. The van der Waals surface area contributed by atoms with Gasteiger partial charge in [-0.05, 0) is 73.5 Å². The SMILES string of the molecule is COc1ccc(C(=O)NCc2nnc(SCC(=O)Nc3cccc(C)c3)n2-c2cccc(Cl)c2C)cc1. The van der Waals surface area contributed by atoms with Crippen molar-refractivity contribution in [3.8, 4) is 11.4 Å². The zero-order valence-electron chi connectivity index (χ0n) is 20.6. The fourth-order valence-electron chi connectivity index (χ4n) is 3.64. The summed E-state index contributed by atoms with van der Waals surface area (Å²) in [5, 5.41) is 15.5. The average molecular weight is 536 g/mol. The van der Waals surface area contributed by atoms with Gasteiger partial charge >= 0.3 is 0 Å². The molecule has 0 bridgehead atoms. The van der Waals surface area contributed by atoms with Gasteiger partial charge in [-0.15, -0.1) is 10.2 Å². The minimum Gasteiger partial charge on any atom is -0.497 e. The number of thioether (sulfide) groups is 1. The van der Waals surface area contributed by atoms with E-state index in [0.29, 0.717) is 27.3 Å². The number of ether oxygens (including phenoxy) is 1. The lowest BCUT2D eigenvalue weighted by Crippen LogP contribution is -2.24. The molecule has 1 aromatic heterocycles. The Kier molecular flexibility index (Phi) is 8.47. The van der Waals surface area contributed by atoms with E-state index in [1.54, 1.807) is 37.4 Å². The Morgan fingerprint density at radius 1 is 1.03 bits per heavy atom. The van der Waals surface area contributed by atoms with Gasteiger partial charge in [-0.2, -0.15) is 0 Å². The fourth-order valence-corrected chi connectivity index (χ4v) is 4.58. The largest absolute Gasteiger partial charge is 0.497 e. The van der Waals surface area contributed by atoms with E-state index in [4.69, 9.17) is 16.3 Å². The summed E-state index contributed by atoms with van der Waals surface area (Å²) in [7, 11) is 1.57. The van der Waals surface area contributed by atoms with Crippen LogP contribution in [-0.2, 0) is 11.3 Å². The van der Waals surface area contributed by atoms with E-state index in [1.807, 2.05) is 54.8 Å². The van der Waals surface area contributed by atoms with Gasteiger partial charge in [-0.3, -0.25) is 14.2 Å². The van der Waals surface area contributed by atoms with Crippen molar-refractivity contribution in [2.45, 2.75) is 25.5 Å². The topological polar surface area (TPSA) is 98.1 Å². The van der Waals surface area contributed by atoms with Crippen LogP contribution < -0.4 is 15.4 Å². The van der Waals surface area contributed by atoms with Crippen LogP contribution in [0.25, 0.3) is 5.69 Å². The van der Waals surface area contributed by atoms with Gasteiger partial charge in [-0.1, -0.05) is 41.6 Å². The third kappa shape index (κ3) is 6.49. The summed E-state index contributed by atoms with van der Waals surface area (Å²) >= 11 is 7.64. The van der Waals surface area contributed by atoms with Gasteiger partial charge in [-0.25, -0.2) is 0 Å². The van der Waals surface area contributed by atoms with Gasteiger partial charge in [0.15, 0.2) is 11.0 Å². The van der Waals surface area contributed by atoms with Crippen LogP contribution in [-0.4, -0.2) is 39.4 Å². The Bertz CT molecular complexity index is 1420. The number of halogens is 1. The van der Waals surface area contributed by atoms with Crippen LogP contribution in [0.15, 0.2) is 71.9 Å². The first kappa shape index (κ1) is 26.2. The first-order valence-electron chi connectivity index (χ1n) is 11.5. The number of nitrogens with one attached hydrogen (secondary N) is 2. The van der Waals surface area contributed by atoms with E-state index in [0.717, 1.165) is 22.5 Å². The molecule has 0 atom stereocenters. The van der Waals surface area contributed by atoms with Gasteiger partial charge in [0.2, 0.25) is 5.91 Å². The Morgan fingerprint density at radius 2 is 1.78 bits per heavy atom. The van der Waals surface area contributed by atoms with Gasteiger partial charge in [0.05, 0.1) is 25.1 Å². The number of anilines is 1. The Hall–Kier alpha value is -3.82. The standard InChI is InChI=1S/C27H26ClN5O3S/c1-17-6-4-7-20(14-17)30-25(34)16-37-27-32-31-24(33(27)23-9-5-8-22(28)18(23)2)15-29-26(35)19-10-12-21(36-3)13-11-19/h4-14H,15-16H2,1-3H3,(H,29,35)(H,30,34). The molecule has 37 heavy (non-hydrogen) atoms. The molecule has 3 aromatic carbocycles. The highest BCUT2D eigenvalue weighted by Crippen LogP contribution is 2.28. The quantitative estimate of drug-likeness (QED) is 0.286. The van der Waals surface area contributed by atoms with Crippen molar-refractivity contribution in [3.63, 3.8) is 0 Å². The number of nitrogens with zero attached hydrogens (tertiary/aromatic N) is 3. The molecule has 0 aliphatic carbocycles. The molecular formula is C27H26ClN5O3S. The van der Waals surface area contributed by atoms with Crippen molar-refractivity contribution in [2.75, 3.05) is 18.2 Å². The lowest BCUT2D eigenvalue weighted by Gasteiger charge is -2.14. The summed E-state index contributed by atoms with van der Waals surface area (Å²) in [6.45, 7) is 3.99. The number of amides is 2. The van der Waals surface area contributed by atoms with Crippen LogP contribution in [0.3, 0.4) is 0 Å². The predicted octanol–water partition coefficient (Wildman–Crippen LogP) is 5.21. The maximum atomic E-state index is 12.7. The average Bonchev–Trinajstić information content (AvgIpc) is 3.30. The number of hydrogen-bond acceptors (Lipinski definition) is 6. The number of rotatable bonds is 9. The molecule has 2 amide bonds. The first-order valence-corrected chi connectivity index (χ1v) is 12.8. The molecule has 0 saturated carbocycles. The van der Waals surface area contributed by atoms with Gasteiger partial charge in [0.1, 0.15) is 5.75 Å². The summed E-state index contributed by atoms with van der Waals surface area (Å²) in [5.74, 6) is 0.882. The molecule has 4 rings (SSSR count). The molecule has 0 saturated heterocycles. The second-order valence-corrected chi connectivity index (χ2v) is 9.59. The molecule has 0 fully saturated rings. The zero-order chi connectivity index (χ0) is 26.4. The summed E-state index contributed by atoms with van der Waals surface area (Å²) < 4.78 is 6.97. The highest BCUT2D eigenvalue weighted by molar-refractivity contribution is 7.99. The Morgan fingerprint density at radius 3 is 2.51 bits per heavy atom. The monoisotopic (exact) mass is 535 g/mol. The Balaban J connectivity index is 1.53. The predicted molar refractivity (Wildman–Crippen MR) is 146 cm³/mol. The van der Waals surface area contributed by atoms with E-state index in [-0.39, 0.29) is 24.1 Å². The molecule has 10 heteroatoms. The summed E-state index contributed by atoms with van der Waals surface area (Å²) in [6.07, 6.45) is 0. The van der Waals surface area contributed by atoms with E-state index < -0.39 is 0 Å². The first-order chi connectivity index (χ1) is 17.9. The van der Waals surface area contributed by atoms with Gasteiger partial charge in [0, 0.05) is 16.3 Å². The molecule has 4 aromatic rings. The highest BCUT2D eigenvalue weighted by atomic mass is 35.5. The van der Waals surface area contributed by atoms with E-state index in [2.05, 4.69) is 20.8 Å². The number of aromatic nitrogens is 3. The molecule has 1 heterocycles. The maximum Gasteiger partial charge on any atom is 0.251 e. The normalized spacial score (nSPS) is 10.7. The van der Waals surface area contributed by atoms with Crippen LogP contribution in [0.4, 0.5) is 5.69 Å². The lowest BCUT2D eigenvalue weighted by atomic mass is 10.2. The molecule has 190 valence electrons. The van der Waals surface area contributed by atoms with Crippen LogP contribution >= 0.6 is 23.4 Å². The third-order valence-electron chi connectivity index (χ3n) is 5.57. The van der Waals surface area contributed by atoms with Gasteiger partial charge in [0.25, 0.3) is 5.91 Å². The minimum absolute atomic E-state index is 0.125. The van der Waals surface area contributed by atoms with Crippen molar-refractivity contribution < 1.29 is 14.3 Å². The minimum atomic E-state index is -0.258. The zero-order valence-corrected chi connectivity index (χ0v) is 22.2. The number of aryl methyl sites for hydroxylation is 1. The van der Waals surface area contributed by atoms with Crippen LogP contribution in [0.5, 0.6) is 5.75 Å². The molecule has 8 nitrogen and oxygen atoms in total. The van der Waals surface area contributed by atoms with Crippen molar-refractivity contribution in [2.24, 2.45) is 0 Å². The fraction of sp³-hybridized carbons (Fsp3) is 0.185.